The van der Waals surface area contributed by atoms with Crippen LogP contribution >= 0.6 is 23.2 Å². The summed E-state index contributed by atoms with van der Waals surface area (Å²) in [5, 5.41) is 3.86. The minimum absolute atomic E-state index is 0.00240. The lowest BCUT2D eigenvalue weighted by molar-refractivity contribution is -0.136. The molecule has 5 rings (SSSR count). The smallest absolute Gasteiger partial charge is 0.421 e. The Morgan fingerprint density at radius 1 is 1.20 bits per heavy atom. The molecule has 2 aromatic carbocycles. The maximum absolute atomic E-state index is 15.0. The van der Waals surface area contributed by atoms with E-state index in [9.17, 15) is 18.8 Å². The first-order valence-corrected chi connectivity index (χ1v) is 14.1. The Kier molecular flexibility index (Phi) is 7.38. The highest BCUT2D eigenvalue weighted by molar-refractivity contribution is 6.32. The summed E-state index contributed by atoms with van der Waals surface area (Å²) in [4.78, 5) is 43.0. The number of carbonyl (C=O) groups is 3. The van der Waals surface area contributed by atoms with Gasteiger partial charge in [-0.2, -0.15) is 0 Å². The van der Waals surface area contributed by atoms with Gasteiger partial charge in [0.1, 0.15) is 24.7 Å². The molecule has 10 heteroatoms. The van der Waals surface area contributed by atoms with E-state index in [0.717, 1.165) is 10.5 Å². The van der Waals surface area contributed by atoms with E-state index in [0.29, 0.717) is 33.9 Å². The predicted octanol–water partition coefficient (Wildman–Crippen LogP) is 5.71. The molecule has 1 saturated heterocycles. The third-order valence-electron chi connectivity index (χ3n) is 7.91. The number of halogens is 3. The fraction of sp³-hybridized carbons (Fsp3) is 0.367. The molecule has 1 aliphatic carbocycles. The van der Waals surface area contributed by atoms with Gasteiger partial charge in [0.15, 0.2) is 0 Å². The van der Waals surface area contributed by atoms with Crippen LogP contribution in [-0.4, -0.2) is 31.4 Å². The highest BCUT2D eigenvalue weighted by Crippen LogP contribution is 2.59. The van der Waals surface area contributed by atoms with E-state index in [1.165, 1.54) is 12.1 Å². The Hall–Kier alpha value is -3.10. The van der Waals surface area contributed by atoms with Gasteiger partial charge in [-0.15, -0.1) is 0 Å². The molecule has 1 spiro atoms. The Morgan fingerprint density at radius 2 is 1.95 bits per heavy atom. The van der Waals surface area contributed by atoms with Gasteiger partial charge in [-0.25, -0.2) is 14.1 Å². The topological polar surface area (TPSA) is 75.7 Å². The van der Waals surface area contributed by atoms with E-state index in [4.69, 9.17) is 27.9 Å². The maximum Gasteiger partial charge on any atom is 0.421 e. The molecule has 4 atom stereocenters. The summed E-state index contributed by atoms with van der Waals surface area (Å²) in [5.41, 5.74) is -0.285. The van der Waals surface area contributed by atoms with Gasteiger partial charge in [-0.05, 0) is 80.5 Å². The number of amides is 3. The molecule has 2 heterocycles. The number of nitrogens with zero attached hydrogens (tertiary/aromatic N) is 1. The summed E-state index contributed by atoms with van der Waals surface area (Å²) >= 11 is 12.8. The van der Waals surface area contributed by atoms with Crippen LogP contribution in [-0.2, 0) is 26.1 Å². The molecular formula is C30H30BCl2FN2O4. The Morgan fingerprint density at radius 3 is 2.62 bits per heavy atom. The van der Waals surface area contributed by atoms with E-state index in [2.05, 4.69) is 5.32 Å². The molecule has 6 nitrogen and oxygen atoms in total. The lowest BCUT2D eigenvalue weighted by atomic mass is 9.56. The first kappa shape index (κ1) is 28.4. The number of carbonyl (C=O) groups excluding carboxylic acids is 3. The Labute approximate surface area is 243 Å². The zero-order valence-electron chi connectivity index (χ0n) is 22.8. The first-order valence-electron chi connectivity index (χ1n) is 13.4. The SMILES string of the molecule is BCc1ccc(F)cc1[C@H]1NC(=O)C[C@@H](C2C=C(Cl)C=CC2)[C@]12C(=O)N(C(=O)OC(C)(C)C)c1cc(Cl)ccc12. The molecule has 2 aliphatic heterocycles. The molecule has 0 radical (unpaired) electrons. The molecule has 2 aromatic rings. The number of benzene rings is 2. The molecule has 1 unspecified atom stereocenters. The van der Waals surface area contributed by atoms with Crippen molar-refractivity contribution in [2.75, 3.05) is 4.90 Å². The fourth-order valence-electron chi connectivity index (χ4n) is 6.40. The first-order chi connectivity index (χ1) is 18.9. The summed E-state index contributed by atoms with van der Waals surface area (Å²) in [6.07, 6.45) is 5.78. The summed E-state index contributed by atoms with van der Waals surface area (Å²) in [7, 11) is 1.93. The van der Waals surface area contributed by atoms with E-state index >= 15 is 0 Å². The average Bonchev–Trinajstić information content (AvgIpc) is 3.12. The molecule has 0 aromatic heterocycles. The second kappa shape index (κ2) is 10.4. The van der Waals surface area contributed by atoms with Crippen LogP contribution in [0.3, 0.4) is 0 Å². The van der Waals surface area contributed by atoms with Crippen molar-refractivity contribution in [1.82, 2.24) is 5.32 Å². The van der Waals surface area contributed by atoms with Gasteiger partial charge in [0.05, 0.1) is 11.7 Å². The van der Waals surface area contributed by atoms with Crippen LogP contribution in [0.1, 0.15) is 56.3 Å². The Balaban J connectivity index is 1.82. The van der Waals surface area contributed by atoms with Crippen molar-refractivity contribution >= 4 is 54.6 Å². The summed E-state index contributed by atoms with van der Waals surface area (Å²) in [6, 6.07) is 8.39. The van der Waals surface area contributed by atoms with Gasteiger partial charge in [0.25, 0.3) is 0 Å². The summed E-state index contributed by atoms with van der Waals surface area (Å²) in [5.74, 6) is -2.24. The van der Waals surface area contributed by atoms with Gasteiger partial charge >= 0.3 is 6.09 Å². The lowest BCUT2D eigenvalue weighted by Crippen LogP contribution is -2.61. The van der Waals surface area contributed by atoms with E-state index in [1.54, 1.807) is 51.1 Å². The minimum atomic E-state index is -1.48. The average molecular weight is 583 g/mol. The number of imide groups is 1. The van der Waals surface area contributed by atoms with Crippen molar-refractivity contribution in [3.05, 3.63) is 87.2 Å². The molecule has 1 N–H and O–H groups in total. The van der Waals surface area contributed by atoms with Gasteiger partial charge in [0.2, 0.25) is 11.8 Å². The molecule has 1 fully saturated rings. The van der Waals surface area contributed by atoms with Crippen LogP contribution in [0.15, 0.2) is 59.7 Å². The lowest BCUT2D eigenvalue weighted by Gasteiger charge is -2.49. The van der Waals surface area contributed by atoms with E-state index in [-0.39, 0.29) is 23.9 Å². The highest BCUT2D eigenvalue weighted by Gasteiger charge is 2.65. The number of hydrogen-bond acceptors (Lipinski definition) is 4. The third-order valence-corrected chi connectivity index (χ3v) is 8.39. The molecular weight excluding hydrogens is 553 g/mol. The molecule has 3 amide bonds. The molecule has 208 valence electrons. The largest absolute Gasteiger partial charge is 0.443 e. The molecule has 40 heavy (non-hydrogen) atoms. The zero-order chi connectivity index (χ0) is 29.0. The number of fused-ring (bicyclic) bond motifs is 2. The highest BCUT2D eigenvalue weighted by atomic mass is 35.5. The number of allylic oxidation sites excluding steroid dienone is 4. The standard InChI is InChI=1S/C30H30BCl2FN2O4/c1-29(2,3)40-28(39)36-24-12-19(33)8-10-22(24)30(27(36)38)23(16-5-4-6-18(32)11-16)14-25(37)35-26(30)21-13-20(34)9-7-17(21)15-31/h4,6-13,16,23,26H,5,14-15,31H2,1-3H3,(H,35,37)/t16?,23-,26+,30-/m0/s1. The minimum Gasteiger partial charge on any atom is -0.443 e. The van der Waals surface area contributed by atoms with Crippen LogP contribution in [0.25, 0.3) is 0 Å². The van der Waals surface area contributed by atoms with Crippen LogP contribution < -0.4 is 10.2 Å². The third kappa shape index (κ3) is 4.75. The van der Waals surface area contributed by atoms with Crippen molar-refractivity contribution in [1.29, 1.82) is 0 Å². The zero-order valence-corrected chi connectivity index (χ0v) is 24.3. The van der Waals surface area contributed by atoms with E-state index < -0.39 is 40.8 Å². The number of piperidine rings is 1. The molecule has 0 bridgehead atoms. The van der Waals surface area contributed by atoms with Gasteiger partial charge in [-0.3, -0.25) is 9.59 Å². The monoisotopic (exact) mass is 582 g/mol. The summed E-state index contributed by atoms with van der Waals surface area (Å²) < 4.78 is 20.5. The maximum atomic E-state index is 15.0. The van der Waals surface area contributed by atoms with Crippen molar-refractivity contribution in [3.8, 4) is 0 Å². The van der Waals surface area contributed by atoms with E-state index in [1.807, 2.05) is 20.0 Å². The van der Waals surface area contributed by atoms with Crippen molar-refractivity contribution in [2.45, 2.75) is 57.0 Å². The van der Waals surface area contributed by atoms with Gasteiger partial charge < -0.3 is 10.1 Å². The number of nitrogens with one attached hydrogen (secondary N) is 1. The second-order valence-corrected chi connectivity index (χ2v) is 12.4. The van der Waals surface area contributed by atoms with Gasteiger partial charge in [0, 0.05) is 16.5 Å². The molecule has 3 aliphatic rings. The normalized spacial score (nSPS) is 26.0. The van der Waals surface area contributed by atoms with Crippen molar-refractivity contribution < 1.29 is 23.5 Å². The predicted molar refractivity (Wildman–Crippen MR) is 156 cm³/mol. The number of hydrogen-bond donors (Lipinski definition) is 1. The van der Waals surface area contributed by atoms with Crippen molar-refractivity contribution in [3.63, 3.8) is 0 Å². The number of rotatable bonds is 3. The van der Waals surface area contributed by atoms with Crippen LogP contribution in [0.4, 0.5) is 14.9 Å². The van der Waals surface area contributed by atoms with Gasteiger partial charge in [-0.1, -0.05) is 59.4 Å². The van der Waals surface area contributed by atoms with Crippen LogP contribution in [0.2, 0.25) is 5.02 Å². The van der Waals surface area contributed by atoms with Crippen LogP contribution in [0.5, 0.6) is 0 Å². The summed E-state index contributed by atoms with van der Waals surface area (Å²) in [6.45, 7) is 5.15. The molecule has 0 saturated carbocycles. The van der Waals surface area contributed by atoms with Crippen molar-refractivity contribution in [2.24, 2.45) is 11.8 Å². The van der Waals surface area contributed by atoms with Crippen LogP contribution in [0, 0.1) is 17.7 Å². The fourth-order valence-corrected chi connectivity index (χ4v) is 6.82. The Bertz CT molecular complexity index is 1470. The number of ether oxygens (including phenoxy) is 1. The second-order valence-electron chi connectivity index (χ2n) is 11.5. The number of anilines is 1. The quantitative estimate of drug-likeness (QED) is 0.471.